The summed E-state index contributed by atoms with van der Waals surface area (Å²) in [5, 5.41) is 0.411. The Bertz CT molecular complexity index is 541. The molecule has 0 saturated carbocycles. The molecule has 1 aromatic heterocycles. The van der Waals surface area contributed by atoms with E-state index in [1.54, 1.807) is 13.0 Å². The molecule has 4 heteroatoms. The minimum atomic E-state index is -0.531. The quantitative estimate of drug-likeness (QED) is 0.686. The molecule has 0 aliphatic heterocycles. The average molecular weight is 240 g/mol. The molecule has 82 valence electrons. The van der Waals surface area contributed by atoms with Crippen LogP contribution >= 0.6 is 11.6 Å². The maximum Gasteiger partial charge on any atom is 0.215 e. The highest BCUT2D eigenvalue weighted by atomic mass is 35.5. The second-order valence-corrected chi connectivity index (χ2v) is 3.86. The minimum absolute atomic E-state index is 0.388. The van der Waals surface area contributed by atoms with Crippen LogP contribution in [0.2, 0.25) is 5.02 Å². The van der Waals surface area contributed by atoms with Gasteiger partial charge in [0.25, 0.3) is 0 Å². The van der Waals surface area contributed by atoms with Crippen LogP contribution in [0.3, 0.4) is 0 Å². The molecule has 16 heavy (non-hydrogen) atoms. The minimum Gasteiger partial charge on any atom is -0.227 e. The van der Waals surface area contributed by atoms with E-state index in [-0.39, 0.29) is 5.82 Å². The topological polar surface area (TPSA) is 12.9 Å². The van der Waals surface area contributed by atoms with E-state index >= 15 is 0 Å². The van der Waals surface area contributed by atoms with Crippen LogP contribution in [0.4, 0.5) is 8.78 Å². The monoisotopic (exact) mass is 239 g/mol. The normalized spacial score (nSPS) is 10.5. The maximum absolute atomic E-state index is 13.1. The van der Waals surface area contributed by atoms with Crippen molar-refractivity contribution in [3.05, 3.63) is 52.8 Å². The first-order valence-corrected chi connectivity index (χ1v) is 5.03. The number of pyridine rings is 1. The van der Waals surface area contributed by atoms with Gasteiger partial charge in [0.05, 0.1) is 0 Å². The number of aryl methyl sites for hydroxylation is 1. The number of halogens is 3. The average Bonchev–Trinajstić information content (AvgIpc) is 2.26. The predicted molar refractivity (Wildman–Crippen MR) is 59.3 cm³/mol. The van der Waals surface area contributed by atoms with Gasteiger partial charge < -0.3 is 0 Å². The standard InChI is InChI=1S/C12H8ClF2N/c1-7-4-8(6-16-12(7)15)10-5-9(14)2-3-11(10)13/h2-6H,1H3. The van der Waals surface area contributed by atoms with Crippen molar-refractivity contribution >= 4 is 11.6 Å². The van der Waals surface area contributed by atoms with Gasteiger partial charge in [0, 0.05) is 27.9 Å². The fraction of sp³-hybridized carbons (Fsp3) is 0.0833. The molecule has 0 unspecified atom stereocenters. The zero-order valence-corrected chi connectivity index (χ0v) is 9.22. The van der Waals surface area contributed by atoms with Crippen molar-refractivity contribution in [3.63, 3.8) is 0 Å². The summed E-state index contributed by atoms with van der Waals surface area (Å²) in [5.74, 6) is -0.919. The molecule has 0 aliphatic carbocycles. The largest absolute Gasteiger partial charge is 0.227 e. The molecule has 0 atom stereocenters. The Hall–Kier alpha value is -1.48. The van der Waals surface area contributed by atoms with Crippen LogP contribution < -0.4 is 0 Å². The molecule has 2 aromatic rings. The van der Waals surface area contributed by atoms with Crippen molar-refractivity contribution in [1.29, 1.82) is 0 Å². The zero-order chi connectivity index (χ0) is 11.7. The first kappa shape index (κ1) is 11.0. The summed E-state index contributed by atoms with van der Waals surface area (Å²) < 4.78 is 26.0. The molecule has 0 N–H and O–H groups in total. The highest BCUT2D eigenvalue weighted by Gasteiger charge is 2.07. The molecule has 1 aromatic carbocycles. The SMILES string of the molecule is Cc1cc(-c2cc(F)ccc2Cl)cnc1F. The summed E-state index contributed by atoms with van der Waals surface area (Å²) in [6.07, 6.45) is 1.34. The number of benzene rings is 1. The third kappa shape index (κ3) is 2.04. The number of hydrogen-bond donors (Lipinski definition) is 0. The van der Waals surface area contributed by atoms with Gasteiger partial charge >= 0.3 is 0 Å². The summed E-state index contributed by atoms with van der Waals surface area (Å²) in [5.41, 5.74) is 1.51. The Morgan fingerprint density at radius 2 is 1.94 bits per heavy atom. The number of aromatic nitrogens is 1. The van der Waals surface area contributed by atoms with Gasteiger partial charge in [-0.05, 0) is 31.2 Å². The Balaban J connectivity index is 2.58. The molecule has 0 amide bonds. The van der Waals surface area contributed by atoms with E-state index < -0.39 is 5.95 Å². The molecule has 0 fully saturated rings. The Morgan fingerprint density at radius 1 is 1.19 bits per heavy atom. The molecular formula is C12H8ClF2N. The Morgan fingerprint density at radius 3 is 2.62 bits per heavy atom. The summed E-state index contributed by atoms with van der Waals surface area (Å²) in [7, 11) is 0. The van der Waals surface area contributed by atoms with Gasteiger partial charge in [-0.3, -0.25) is 0 Å². The van der Waals surface area contributed by atoms with Crippen LogP contribution in [-0.4, -0.2) is 4.98 Å². The molecule has 0 radical (unpaired) electrons. The van der Waals surface area contributed by atoms with Crippen molar-refractivity contribution in [1.82, 2.24) is 4.98 Å². The molecule has 0 spiro atoms. The molecule has 1 nitrogen and oxygen atoms in total. The van der Waals surface area contributed by atoms with Crippen molar-refractivity contribution < 1.29 is 8.78 Å². The molecule has 1 heterocycles. The van der Waals surface area contributed by atoms with E-state index in [1.807, 2.05) is 0 Å². The predicted octanol–water partition coefficient (Wildman–Crippen LogP) is 3.99. The summed E-state index contributed by atoms with van der Waals surface area (Å²) in [6, 6.07) is 5.63. The fourth-order valence-electron chi connectivity index (χ4n) is 1.42. The molecule has 0 aliphatic rings. The van der Waals surface area contributed by atoms with Gasteiger partial charge in [-0.25, -0.2) is 9.37 Å². The molecule has 0 bridgehead atoms. The maximum atomic E-state index is 13.1. The second kappa shape index (κ2) is 4.18. The van der Waals surface area contributed by atoms with Gasteiger partial charge in [-0.2, -0.15) is 4.39 Å². The lowest BCUT2D eigenvalue weighted by Gasteiger charge is -2.05. The molecule has 0 saturated heterocycles. The lowest BCUT2D eigenvalue weighted by Crippen LogP contribution is -1.90. The lowest BCUT2D eigenvalue weighted by atomic mass is 10.1. The van der Waals surface area contributed by atoms with E-state index in [1.165, 1.54) is 24.4 Å². The van der Waals surface area contributed by atoms with Gasteiger partial charge in [-0.15, -0.1) is 0 Å². The van der Waals surface area contributed by atoms with Gasteiger partial charge in [-0.1, -0.05) is 11.6 Å². The number of rotatable bonds is 1. The van der Waals surface area contributed by atoms with Gasteiger partial charge in [0.2, 0.25) is 5.95 Å². The van der Waals surface area contributed by atoms with E-state index in [4.69, 9.17) is 11.6 Å². The second-order valence-electron chi connectivity index (χ2n) is 3.46. The van der Waals surface area contributed by atoms with Crippen LogP contribution in [-0.2, 0) is 0 Å². The van der Waals surface area contributed by atoms with E-state index in [9.17, 15) is 8.78 Å². The summed E-state index contributed by atoms with van der Waals surface area (Å²) in [4.78, 5) is 3.58. The smallest absolute Gasteiger partial charge is 0.215 e. The summed E-state index contributed by atoms with van der Waals surface area (Å²) >= 11 is 5.93. The highest BCUT2D eigenvalue weighted by molar-refractivity contribution is 6.33. The van der Waals surface area contributed by atoms with Crippen LogP contribution in [0.5, 0.6) is 0 Å². The first-order chi connectivity index (χ1) is 7.58. The Labute approximate surface area is 96.7 Å². The van der Waals surface area contributed by atoms with E-state index in [0.717, 1.165) is 0 Å². The van der Waals surface area contributed by atoms with Crippen molar-refractivity contribution in [2.75, 3.05) is 0 Å². The van der Waals surface area contributed by atoms with Gasteiger partial charge in [0.15, 0.2) is 0 Å². The third-order valence-corrected chi connectivity index (χ3v) is 2.58. The van der Waals surface area contributed by atoms with E-state index in [2.05, 4.69) is 4.98 Å². The van der Waals surface area contributed by atoms with Crippen LogP contribution in [0.15, 0.2) is 30.5 Å². The Kier molecular flexibility index (Phi) is 2.88. The van der Waals surface area contributed by atoms with Crippen LogP contribution in [0.1, 0.15) is 5.56 Å². The lowest BCUT2D eigenvalue weighted by molar-refractivity contribution is 0.575. The van der Waals surface area contributed by atoms with Crippen LogP contribution in [0.25, 0.3) is 11.1 Å². The first-order valence-electron chi connectivity index (χ1n) is 4.65. The highest BCUT2D eigenvalue weighted by Crippen LogP contribution is 2.28. The number of hydrogen-bond acceptors (Lipinski definition) is 1. The number of nitrogens with zero attached hydrogens (tertiary/aromatic N) is 1. The van der Waals surface area contributed by atoms with Crippen molar-refractivity contribution in [3.8, 4) is 11.1 Å². The van der Waals surface area contributed by atoms with Crippen molar-refractivity contribution in [2.24, 2.45) is 0 Å². The molecular weight excluding hydrogens is 232 g/mol. The van der Waals surface area contributed by atoms with Crippen LogP contribution in [0, 0.1) is 18.7 Å². The van der Waals surface area contributed by atoms with Crippen molar-refractivity contribution in [2.45, 2.75) is 6.92 Å². The third-order valence-electron chi connectivity index (χ3n) is 2.25. The van der Waals surface area contributed by atoms with E-state index in [0.29, 0.717) is 21.7 Å². The van der Waals surface area contributed by atoms with Gasteiger partial charge in [0.1, 0.15) is 5.82 Å². The zero-order valence-electron chi connectivity index (χ0n) is 8.47. The fourth-order valence-corrected chi connectivity index (χ4v) is 1.65. The summed E-state index contributed by atoms with van der Waals surface area (Å²) in [6.45, 7) is 1.60. The molecule has 2 rings (SSSR count).